The molecule has 0 unspecified atom stereocenters. The van der Waals surface area contributed by atoms with Crippen LogP contribution in [0, 0.1) is 0 Å². The molecule has 0 spiro atoms. The number of aromatic amines is 1. The highest BCUT2D eigenvalue weighted by Crippen LogP contribution is 2.15. The minimum absolute atomic E-state index is 0.951. The first-order valence-electron chi connectivity index (χ1n) is 5.07. The molecule has 0 radical (unpaired) electrons. The van der Waals surface area contributed by atoms with Gasteiger partial charge in [-0.3, -0.25) is 5.10 Å². The lowest BCUT2D eigenvalue weighted by molar-refractivity contribution is 0.425. The second-order valence-electron chi connectivity index (χ2n) is 3.90. The Kier molecular flexibility index (Phi) is 2.87. The van der Waals surface area contributed by atoms with Crippen LogP contribution in [-0.2, 0) is 0 Å². The van der Waals surface area contributed by atoms with Crippen molar-refractivity contribution in [1.82, 2.24) is 15.1 Å². The van der Waals surface area contributed by atoms with E-state index in [2.05, 4.69) is 52.7 Å². The van der Waals surface area contributed by atoms with Gasteiger partial charge in [0.1, 0.15) is 0 Å². The largest absolute Gasteiger partial charge is 0.384 e. The van der Waals surface area contributed by atoms with E-state index < -0.39 is 0 Å². The highest BCUT2D eigenvalue weighted by atomic mass is 15.1. The van der Waals surface area contributed by atoms with E-state index in [0.717, 1.165) is 29.7 Å². The third-order valence-corrected chi connectivity index (χ3v) is 2.33. The highest BCUT2D eigenvalue weighted by Gasteiger charge is 1.97. The van der Waals surface area contributed by atoms with Crippen LogP contribution in [0.1, 0.15) is 0 Å². The molecule has 1 aromatic carbocycles. The molecule has 0 aliphatic carbocycles. The van der Waals surface area contributed by atoms with E-state index in [1.807, 2.05) is 6.20 Å². The molecular weight excluding hydrogens is 188 g/mol. The quantitative estimate of drug-likeness (QED) is 0.794. The molecule has 4 nitrogen and oxygen atoms in total. The van der Waals surface area contributed by atoms with Crippen molar-refractivity contribution in [2.45, 2.75) is 0 Å². The number of H-pyrrole nitrogens is 1. The van der Waals surface area contributed by atoms with E-state index in [1.165, 1.54) is 0 Å². The van der Waals surface area contributed by atoms with Crippen molar-refractivity contribution in [2.75, 3.05) is 32.5 Å². The normalized spacial score (nSPS) is 11.1. The molecule has 0 amide bonds. The van der Waals surface area contributed by atoms with Crippen LogP contribution in [0.25, 0.3) is 10.9 Å². The van der Waals surface area contributed by atoms with Gasteiger partial charge in [-0.1, -0.05) is 0 Å². The lowest BCUT2D eigenvalue weighted by Crippen LogP contribution is -2.20. The molecule has 1 aromatic heterocycles. The number of aromatic nitrogens is 2. The summed E-state index contributed by atoms with van der Waals surface area (Å²) in [5.74, 6) is 0. The summed E-state index contributed by atoms with van der Waals surface area (Å²) in [6, 6.07) is 6.22. The Morgan fingerprint density at radius 2 is 2.27 bits per heavy atom. The fourth-order valence-electron chi connectivity index (χ4n) is 1.47. The third kappa shape index (κ3) is 2.47. The SMILES string of the molecule is CN(C)CCNc1ccc2cn[nH]c2c1. The topological polar surface area (TPSA) is 44.0 Å². The molecule has 0 aliphatic heterocycles. The number of benzene rings is 1. The standard InChI is InChI=1S/C11H16N4/c1-15(2)6-5-12-10-4-3-9-8-13-14-11(9)7-10/h3-4,7-8,12H,5-6H2,1-2H3,(H,13,14). The predicted octanol–water partition coefficient (Wildman–Crippen LogP) is 1.54. The Morgan fingerprint density at radius 3 is 3.07 bits per heavy atom. The maximum atomic E-state index is 3.99. The first-order chi connectivity index (χ1) is 7.25. The first-order valence-corrected chi connectivity index (χ1v) is 5.07. The molecule has 2 aromatic rings. The second kappa shape index (κ2) is 4.31. The molecule has 80 valence electrons. The maximum absolute atomic E-state index is 3.99. The number of hydrogen-bond donors (Lipinski definition) is 2. The zero-order valence-electron chi connectivity index (χ0n) is 9.12. The molecule has 0 atom stereocenters. The van der Waals surface area contributed by atoms with Crippen LogP contribution >= 0.6 is 0 Å². The van der Waals surface area contributed by atoms with Gasteiger partial charge in [-0.2, -0.15) is 5.10 Å². The summed E-state index contributed by atoms with van der Waals surface area (Å²) in [4.78, 5) is 2.15. The maximum Gasteiger partial charge on any atom is 0.0670 e. The van der Waals surface area contributed by atoms with Crippen LogP contribution in [-0.4, -0.2) is 42.3 Å². The zero-order valence-corrected chi connectivity index (χ0v) is 9.12. The molecule has 0 aliphatic rings. The lowest BCUT2D eigenvalue weighted by atomic mass is 10.2. The fraction of sp³-hybridized carbons (Fsp3) is 0.364. The Labute approximate surface area is 89.3 Å². The van der Waals surface area contributed by atoms with Crippen LogP contribution in [0.2, 0.25) is 0 Å². The average molecular weight is 204 g/mol. The van der Waals surface area contributed by atoms with Gasteiger partial charge in [-0.05, 0) is 32.3 Å². The Morgan fingerprint density at radius 1 is 1.40 bits per heavy atom. The highest BCUT2D eigenvalue weighted by molar-refractivity contribution is 5.81. The van der Waals surface area contributed by atoms with Gasteiger partial charge in [0.2, 0.25) is 0 Å². The number of rotatable bonds is 4. The smallest absolute Gasteiger partial charge is 0.0670 e. The number of anilines is 1. The van der Waals surface area contributed by atoms with Crippen LogP contribution in [0.4, 0.5) is 5.69 Å². The first kappa shape index (κ1) is 9.98. The molecule has 15 heavy (non-hydrogen) atoms. The summed E-state index contributed by atoms with van der Waals surface area (Å²) < 4.78 is 0. The van der Waals surface area contributed by atoms with Crippen molar-refractivity contribution in [3.63, 3.8) is 0 Å². The predicted molar refractivity (Wildman–Crippen MR) is 63.1 cm³/mol. The van der Waals surface area contributed by atoms with Gasteiger partial charge in [0, 0.05) is 24.2 Å². The van der Waals surface area contributed by atoms with E-state index in [4.69, 9.17) is 0 Å². The number of nitrogens with one attached hydrogen (secondary N) is 2. The molecule has 1 heterocycles. The van der Waals surface area contributed by atoms with Crippen molar-refractivity contribution in [1.29, 1.82) is 0 Å². The Hall–Kier alpha value is -1.55. The van der Waals surface area contributed by atoms with Gasteiger partial charge in [0.25, 0.3) is 0 Å². The molecule has 0 bridgehead atoms. The zero-order chi connectivity index (χ0) is 10.7. The summed E-state index contributed by atoms with van der Waals surface area (Å²) >= 11 is 0. The minimum atomic E-state index is 0.951. The summed E-state index contributed by atoms with van der Waals surface area (Å²) in [6.07, 6.45) is 1.83. The van der Waals surface area contributed by atoms with E-state index in [1.54, 1.807) is 0 Å². The van der Waals surface area contributed by atoms with Gasteiger partial charge in [-0.25, -0.2) is 0 Å². The summed E-state index contributed by atoms with van der Waals surface area (Å²) in [5.41, 5.74) is 2.21. The number of nitrogens with zero attached hydrogens (tertiary/aromatic N) is 2. The Bertz CT molecular complexity index is 433. The number of hydrogen-bond acceptors (Lipinski definition) is 3. The van der Waals surface area contributed by atoms with Crippen LogP contribution in [0.15, 0.2) is 24.4 Å². The monoisotopic (exact) mass is 204 g/mol. The number of likely N-dealkylation sites (N-methyl/N-ethyl adjacent to an activating group) is 1. The van der Waals surface area contributed by atoms with Crippen molar-refractivity contribution in [3.05, 3.63) is 24.4 Å². The van der Waals surface area contributed by atoms with Gasteiger partial charge >= 0.3 is 0 Å². The molecule has 4 heteroatoms. The van der Waals surface area contributed by atoms with Crippen LogP contribution < -0.4 is 5.32 Å². The van der Waals surface area contributed by atoms with E-state index >= 15 is 0 Å². The number of fused-ring (bicyclic) bond motifs is 1. The van der Waals surface area contributed by atoms with Gasteiger partial charge in [0.05, 0.1) is 11.7 Å². The Balaban J connectivity index is 2.02. The van der Waals surface area contributed by atoms with Crippen molar-refractivity contribution >= 4 is 16.6 Å². The molecule has 0 saturated carbocycles. The minimum Gasteiger partial charge on any atom is -0.384 e. The van der Waals surface area contributed by atoms with Gasteiger partial charge in [0.15, 0.2) is 0 Å². The van der Waals surface area contributed by atoms with Gasteiger partial charge < -0.3 is 10.2 Å². The lowest BCUT2D eigenvalue weighted by Gasteiger charge is -2.11. The molecule has 0 fully saturated rings. The summed E-state index contributed by atoms with van der Waals surface area (Å²) in [7, 11) is 4.14. The van der Waals surface area contributed by atoms with E-state index in [-0.39, 0.29) is 0 Å². The summed E-state index contributed by atoms with van der Waals surface area (Å²) in [6.45, 7) is 1.98. The average Bonchev–Trinajstić information content (AvgIpc) is 2.64. The molecule has 2 N–H and O–H groups in total. The van der Waals surface area contributed by atoms with Crippen LogP contribution in [0.3, 0.4) is 0 Å². The molecule has 2 rings (SSSR count). The summed E-state index contributed by atoms with van der Waals surface area (Å²) in [5, 5.41) is 11.5. The van der Waals surface area contributed by atoms with Crippen molar-refractivity contribution in [3.8, 4) is 0 Å². The van der Waals surface area contributed by atoms with E-state index in [9.17, 15) is 0 Å². The second-order valence-corrected chi connectivity index (χ2v) is 3.90. The fourth-order valence-corrected chi connectivity index (χ4v) is 1.47. The molecule has 0 saturated heterocycles. The van der Waals surface area contributed by atoms with Crippen LogP contribution in [0.5, 0.6) is 0 Å². The third-order valence-electron chi connectivity index (χ3n) is 2.33. The van der Waals surface area contributed by atoms with Crippen molar-refractivity contribution < 1.29 is 0 Å². The molecular formula is C11H16N4. The van der Waals surface area contributed by atoms with E-state index in [0.29, 0.717) is 0 Å². The van der Waals surface area contributed by atoms with Gasteiger partial charge in [-0.15, -0.1) is 0 Å². The van der Waals surface area contributed by atoms with Crippen molar-refractivity contribution in [2.24, 2.45) is 0 Å².